The summed E-state index contributed by atoms with van der Waals surface area (Å²) in [5.41, 5.74) is 8.82. The molecule has 1 aliphatic rings. The van der Waals surface area contributed by atoms with Gasteiger partial charge in [0.05, 0.1) is 16.4 Å². The van der Waals surface area contributed by atoms with Crippen molar-refractivity contribution in [3.63, 3.8) is 0 Å². The number of halogens is 1. The van der Waals surface area contributed by atoms with Gasteiger partial charge >= 0.3 is 0 Å². The summed E-state index contributed by atoms with van der Waals surface area (Å²) in [5.74, 6) is 0.576. The molecule has 1 fully saturated rings. The SMILES string of the molecule is Cc1nn(C)c(CC(N)C2CCCCC2(C)C)c1Cl. The third kappa shape index (κ3) is 2.97. The minimum atomic E-state index is 0.169. The first-order chi connectivity index (χ1) is 8.83. The van der Waals surface area contributed by atoms with Gasteiger partial charge in [-0.25, -0.2) is 0 Å². The van der Waals surface area contributed by atoms with Gasteiger partial charge in [-0.05, 0) is 31.1 Å². The summed E-state index contributed by atoms with van der Waals surface area (Å²) >= 11 is 6.33. The second-order valence-electron chi connectivity index (χ2n) is 6.68. The smallest absolute Gasteiger partial charge is 0.0847 e. The molecular weight excluding hydrogens is 258 g/mol. The Kier molecular flexibility index (Phi) is 4.26. The van der Waals surface area contributed by atoms with Crippen molar-refractivity contribution < 1.29 is 0 Å². The van der Waals surface area contributed by atoms with Gasteiger partial charge in [0, 0.05) is 19.5 Å². The molecule has 4 heteroatoms. The summed E-state index contributed by atoms with van der Waals surface area (Å²) in [6.45, 7) is 6.65. The third-order valence-corrected chi connectivity index (χ3v) is 5.29. The van der Waals surface area contributed by atoms with Gasteiger partial charge in [0.2, 0.25) is 0 Å². The molecule has 108 valence electrons. The lowest BCUT2D eigenvalue weighted by Gasteiger charge is -2.42. The van der Waals surface area contributed by atoms with E-state index in [0.717, 1.165) is 22.8 Å². The predicted octanol–water partition coefficient (Wildman–Crippen LogP) is 3.47. The quantitative estimate of drug-likeness (QED) is 0.923. The van der Waals surface area contributed by atoms with Gasteiger partial charge in [0.15, 0.2) is 0 Å². The lowest BCUT2D eigenvalue weighted by atomic mass is 9.65. The lowest BCUT2D eigenvalue weighted by Crippen LogP contribution is -2.43. The van der Waals surface area contributed by atoms with Crippen molar-refractivity contribution in [1.29, 1.82) is 0 Å². The first-order valence-electron chi connectivity index (χ1n) is 7.26. The van der Waals surface area contributed by atoms with Crippen LogP contribution in [0, 0.1) is 18.3 Å². The highest BCUT2D eigenvalue weighted by Crippen LogP contribution is 2.42. The highest BCUT2D eigenvalue weighted by atomic mass is 35.5. The summed E-state index contributed by atoms with van der Waals surface area (Å²) < 4.78 is 1.88. The van der Waals surface area contributed by atoms with E-state index in [0.29, 0.717) is 11.3 Å². The normalized spacial score (nSPS) is 24.4. The first kappa shape index (κ1) is 14.9. The van der Waals surface area contributed by atoms with E-state index in [1.54, 1.807) is 0 Å². The second-order valence-corrected chi connectivity index (χ2v) is 7.06. The van der Waals surface area contributed by atoms with Crippen LogP contribution in [-0.4, -0.2) is 15.8 Å². The molecule has 1 aliphatic carbocycles. The van der Waals surface area contributed by atoms with Gasteiger partial charge in [0.1, 0.15) is 0 Å². The molecule has 0 aromatic carbocycles. The molecule has 2 unspecified atom stereocenters. The summed E-state index contributed by atoms with van der Waals surface area (Å²) in [6, 6.07) is 0.169. The Morgan fingerprint density at radius 1 is 1.47 bits per heavy atom. The van der Waals surface area contributed by atoms with E-state index in [4.69, 9.17) is 17.3 Å². The van der Waals surface area contributed by atoms with Crippen molar-refractivity contribution in [3.05, 3.63) is 16.4 Å². The zero-order chi connectivity index (χ0) is 14.2. The maximum Gasteiger partial charge on any atom is 0.0847 e. The maximum atomic E-state index is 6.50. The summed E-state index contributed by atoms with van der Waals surface area (Å²) in [6.07, 6.45) is 5.98. The topological polar surface area (TPSA) is 43.8 Å². The molecule has 0 spiro atoms. The van der Waals surface area contributed by atoms with Gasteiger partial charge < -0.3 is 5.73 Å². The van der Waals surface area contributed by atoms with Gasteiger partial charge in [0.25, 0.3) is 0 Å². The van der Waals surface area contributed by atoms with E-state index in [2.05, 4.69) is 18.9 Å². The third-order valence-electron chi connectivity index (χ3n) is 4.80. The van der Waals surface area contributed by atoms with Crippen LogP contribution in [0.2, 0.25) is 5.02 Å². The minimum absolute atomic E-state index is 0.169. The average Bonchev–Trinajstić information content (AvgIpc) is 2.55. The molecule has 1 aromatic heterocycles. The fourth-order valence-corrected chi connectivity index (χ4v) is 3.82. The standard InChI is InChI=1S/C15H26ClN3/c1-10-14(16)13(19(4)18-10)9-12(17)11-7-5-6-8-15(11,2)3/h11-12H,5-9,17H2,1-4H3. The largest absolute Gasteiger partial charge is 0.327 e. The van der Waals surface area contributed by atoms with Crippen LogP contribution in [0.15, 0.2) is 0 Å². The minimum Gasteiger partial charge on any atom is -0.327 e. The number of hydrogen-bond acceptors (Lipinski definition) is 2. The monoisotopic (exact) mass is 283 g/mol. The Morgan fingerprint density at radius 3 is 2.68 bits per heavy atom. The fraction of sp³-hybridized carbons (Fsp3) is 0.800. The second kappa shape index (κ2) is 5.45. The van der Waals surface area contributed by atoms with Crippen molar-refractivity contribution in [3.8, 4) is 0 Å². The van der Waals surface area contributed by atoms with Gasteiger partial charge in [-0.1, -0.05) is 38.3 Å². The Bertz CT molecular complexity index is 450. The highest BCUT2D eigenvalue weighted by Gasteiger charge is 2.36. The van der Waals surface area contributed by atoms with E-state index in [1.165, 1.54) is 25.7 Å². The van der Waals surface area contributed by atoms with Crippen LogP contribution in [0.25, 0.3) is 0 Å². The lowest BCUT2D eigenvalue weighted by molar-refractivity contribution is 0.112. The molecule has 19 heavy (non-hydrogen) atoms. The van der Waals surface area contributed by atoms with Crippen molar-refractivity contribution in [2.24, 2.45) is 24.1 Å². The molecule has 0 aliphatic heterocycles. The number of rotatable bonds is 3. The Hall–Kier alpha value is -0.540. The predicted molar refractivity (Wildman–Crippen MR) is 80.4 cm³/mol. The van der Waals surface area contributed by atoms with E-state index < -0.39 is 0 Å². The van der Waals surface area contributed by atoms with Crippen molar-refractivity contribution in [2.75, 3.05) is 0 Å². The van der Waals surface area contributed by atoms with Crippen molar-refractivity contribution in [1.82, 2.24) is 9.78 Å². The molecule has 0 radical (unpaired) electrons. The van der Waals surface area contributed by atoms with Gasteiger partial charge in [-0.15, -0.1) is 0 Å². The van der Waals surface area contributed by atoms with Crippen molar-refractivity contribution >= 4 is 11.6 Å². The maximum absolute atomic E-state index is 6.50. The number of aromatic nitrogens is 2. The summed E-state index contributed by atoms with van der Waals surface area (Å²) in [5, 5.41) is 5.16. The summed E-state index contributed by atoms with van der Waals surface area (Å²) in [7, 11) is 1.95. The summed E-state index contributed by atoms with van der Waals surface area (Å²) in [4.78, 5) is 0. The number of nitrogens with two attached hydrogens (primary N) is 1. The molecular formula is C15H26ClN3. The number of aryl methyl sites for hydroxylation is 2. The van der Waals surface area contributed by atoms with Crippen LogP contribution >= 0.6 is 11.6 Å². The van der Waals surface area contributed by atoms with Crippen LogP contribution in [0.1, 0.15) is 50.9 Å². The average molecular weight is 284 g/mol. The van der Waals surface area contributed by atoms with E-state index in [1.807, 2.05) is 18.7 Å². The fourth-order valence-electron chi connectivity index (χ4n) is 3.58. The number of nitrogens with zero attached hydrogens (tertiary/aromatic N) is 2. The molecule has 2 N–H and O–H groups in total. The first-order valence-corrected chi connectivity index (χ1v) is 7.64. The Morgan fingerprint density at radius 2 is 2.16 bits per heavy atom. The molecule has 0 saturated heterocycles. The van der Waals surface area contributed by atoms with Crippen LogP contribution in [0.5, 0.6) is 0 Å². The van der Waals surface area contributed by atoms with Crippen LogP contribution in [0.4, 0.5) is 0 Å². The highest BCUT2D eigenvalue weighted by molar-refractivity contribution is 6.31. The van der Waals surface area contributed by atoms with Crippen LogP contribution in [0.3, 0.4) is 0 Å². The number of hydrogen-bond donors (Lipinski definition) is 1. The molecule has 2 rings (SSSR count). The zero-order valence-electron chi connectivity index (χ0n) is 12.5. The molecule has 1 aromatic rings. The zero-order valence-corrected chi connectivity index (χ0v) is 13.3. The molecule has 1 heterocycles. The molecule has 1 saturated carbocycles. The molecule has 3 nitrogen and oxygen atoms in total. The molecule has 0 amide bonds. The Labute approximate surface area is 121 Å². The molecule has 2 atom stereocenters. The Balaban J connectivity index is 2.14. The van der Waals surface area contributed by atoms with E-state index >= 15 is 0 Å². The van der Waals surface area contributed by atoms with Crippen molar-refractivity contribution in [2.45, 2.75) is 58.9 Å². The van der Waals surface area contributed by atoms with Crippen LogP contribution in [-0.2, 0) is 13.5 Å². The molecule has 0 bridgehead atoms. The van der Waals surface area contributed by atoms with Gasteiger partial charge in [-0.3, -0.25) is 4.68 Å². The van der Waals surface area contributed by atoms with Crippen LogP contribution < -0.4 is 5.73 Å². The van der Waals surface area contributed by atoms with Gasteiger partial charge in [-0.2, -0.15) is 5.10 Å². The van der Waals surface area contributed by atoms with E-state index in [9.17, 15) is 0 Å². The van der Waals surface area contributed by atoms with E-state index in [-0.39, 0.29) is 6.04 Å².